The Morgan fingerprint density at radius 1 is 1.23 bits per heavy atom. The Morgan fingerprint density at radius 3 is 2.90 bits per heavy atom. The van der Waals surface area contributed by atoms with Crippen molar-refractivity contribution in [3.8, 4) is 11.3 Å². The fraction of sp³-hybridized carbons (Fsp3) is 0.391. The largest absolute Gasteiger partial charge is 0.329 e. The van der Waals surface area contributed by atoms with Gasteiger partial charge in [-0.25, -0.2) is 5.43 Å². The molecular formula is C23H26ClN5O. The van der Waals surface area contributed by atoms with Crippen LogP contribution in [-0.4, -0.2) is 28.3 Å². The van der Waals surface area contributed by atoms with Crippen LogP contribution in [0, 0.1) is 11.8 Å². The summed E-state index contributed by atoms with van der Waals surface area (Å²) < 4.78 is 1.92. The summed E-state index contributed by atoms with van der Waals surface area (Å²) in [6, 6.07) is 12.5. The first-order valence-corrected chi connectivity index (χ1v) is 10.9. The molecule has 3 aromatic rings. The lowest BCUT2D eigenvalue weighted by molar-refractivity contribution is -0.133. The van der Waals surface area contributed by atoms with Crippen molar-refractivity contribution in [2.75, 3.05) is 6.54 Å². The Labute approximate surface area is 180 Å². The average molecular weight is 424 g/mol. The van der Waals surface area contributed by atoms with Crippen LogP contribution in [-0.2, 0) is 11.8 Å². The number of nitrogens with zero attached hydrogens (tertiary/aromatic N) is 2. The van der Waals surface area contributed by atoms with E-state index in [1.807, 2.05) is 30.1 Å². The summed E-state index contributed by atoms with van der Waals surface area (Å²) >= 11 is 6.87. The molecule has 1 aliphatic carbocycles. The van der Waals surface area contributed by atoms with Crippen molar-refractivity contribution >= 4 is 28.3 Å². The molecule has 1 aliphatic heterocycles. The maximum atomic E-state index is 12.3. The Balaban J connectivity index is 1.54. The van der Waals surface area contributed by atoms with Gasteiger partial charge in [0.15, 0.2) is 0 Å². The highest BCUT2D eigenvalue weighted by Gasteiger charge is 2.43. The number of benzene rings is 2. The van der Waals surface area contributed by atoms with Crippen molar-refractivity contribution in [3.05, 3.63) is 53.2 Å². The first-order valence-electron chi connectivity index (χ1n) is 10.5. The SMILES string of the molecule is Cn1ncc(C2CCC3C(=O)NNC(CN)C3C2)c1-c1ccc2ccccc2c1Cl. The van der Waals surface area contributed by atoms with Crippen molar-refractivity contribution in [2.45, 2.75) is 31.2 Å². The summed E-state index contributed by atoms with van der Waals surface area (Å²) in [5.74, 6) is 0.662. The van der Waals surface area contributed by atoms with Gasteiger partial charge in [-0.15, -0.1) is 0 Å². The molecule has 0 bridgehead atoms. The second kappa shape index (κ2) is 7.69. The molecule has 1 saturated carbocycles. The minimum atomic E-state index is 0.0282. The van der Waals surface area contributed by atoms with E-state index in [0.29, 0.717) is 12.5 Å². The molecule has 4 N–H and O–H groups in total. The molecule has 30 heavy (non-hydrogen) atoms. The van der Waals surface area contributed by atoms with Crippen molar-refractivity contribution < 1.29 is 4.79 Å². The number of hydrazine groups is 1. The van der Waals surface area contributed by atoms with E-state index in [4.69, 9.17) is 17.3 Å². The molecule has 2 heterocycles. The third kappa shape index (κ3) is 3.11. The fourth-order valence-corrected chi connectivity index (χ4v) is 5.68. The highest BCUT2D eigenvalue weighted by atomic mass is 35.5. The van der Waals surface area contributed by atoms with Gasteiger partial charge in [-0.2, -0.15) is 5.10 Å². The molecule has 1 aromatic heterocycles. The highest BCUT2D eigenvalue weighted by Crippen LogP contribution is 2.46. The van der Waals surface area contributed by atoms with E-state index in [0.717, 1.165) is 46.3 Å². The molecule has 6 nitrogen and oxygen atoms in total. The number of carbonyl (C=O) groups excluding carboxylic acids is 1. The van der Waals surface area contributed by atoms with Gasteiger partial charge in [0.05, 0.1) is 16.9 Å². The van der Waals surface area contributed by atoms with Crippen LogP contribution < -0.4 is 16.6 Å². The first kappa shape index (κ1) is 19.5. The van der Waals surface area contributed by atoms with Crippen LogP contribution in [0.25, 0.3) is 22.0 Å². The van der Waals surface area contributed by atoms with Crippen molar-refractivity contribution in [1.82, 2.24) is 20.6 Å². The number of amides is 1. The lowest BCUT2D eigenvalue weighted by atomic mass is 9.68. The number of hydrogen-bond donors (Lipinski definition) is 3. The predicted molar refractivity (Wildman–Crippen MR) is 119 cm³/mol. The predicted octanol–water partition coefficient (Wildman–Crippen LogP) is 3.36. The number of aryl methyl sites for hydroxylation is 1. The molecule has 2 fully saturated rings. The second-order valence-electron chi connectivity index (χ2n) is 8.48. The van der Waals surface area contributed by atoms with Crippen molar-refractivity contribution in [3.63, 3.8) is 0 Å². The van der Waals surface area contributed by atoms with Crippen LogP contribution >= 0.6 is 11.6 Å². The van der Waals surface area contributed by atoms with Crippen molar-refractivity contribution in [1.29, 1.82) is 0 Å². The molecule has 1 saturated heterocycles. The summed E-state index contributed by atoms with van der Waals surface area (Å²) in [4.78, 5) is 12.3. The summed E-state index contributed by atoms with van der Waals surface area (Å²) in [5, 5.41) is 7.51. The smallest absolute Gasteiger partial charge is 0.237 e. The standard InChI is InChI=1S/C23H26ClN5O/c1-29-22(17-9-6-13-4-2-3-5-15(13)21(17)24)19(12-26-29)14-7-8-16-18(10-14)20(11-25)27-28-23(16)30/h2-6,9,12,14,16,18,20,27H,7-8,10-11,25H2,1H3,(H,28,30). The zero-order valence-corrected chi connectivity index (χ0v) is 17.7. The number of carbonyl (C=O) groups is 1. The number of aromatic nitrogens is 2. The zero-order chi connectivity index (χ0) is 20.8. The second-order valence-corrected chi connectivity index (χ2v) is 8.85. The van der Waals surface area contributed by atoms with Crippen LogP contribution in [0.15, 0.2) is 42.6 Å². The number of halogens is 1. The normalized spacial score (nSPS) is 26.4. The molecule has 2 aromatic carbocycles. The Morgan fingerprint density at radius 2 is 2.07 bits per heavy atom. The number of nitrogens with one attached hydrogen (secondary N) is 2. The van der Waals surface area contributed by atoms with E-state index < -0.39 is 0 Å². The maximum Gasteiger partial charge on any atom is 0.237 e. The molecule has 156 valence electrons. The Hall–Kier alpha value is -2.41. The van der Waals surface area contributed by atoms with Gasteiger partial charge in [-0.1, -0.05) is 48.0 Å². The lowest BCUT2D eigenvalue weighted by Crippen LogP contribution is -2.62. The van der Waals surface area contributed by atoms with Gasteiger partial charge >= 0.3 is 0 Å². The molecule has 5 rings (SSSR count). The molecular weight excluding hydrogens is 398 g/mol. The Bertz CT molecular complexity index is 1110. The van der Waals surface area contributed by atoms with Gasteiger partial charge in [0.1, 0.15) is 0 Å². The van der Waals surface area contributed by atoms with Crippen LogP contribution in [0.4, 0.5) is 0 Å². The molecule has 0 spiro atoms. The summed E-state index contributed by atoms with van der Waals surface area (Å²) in [6.07, 6.45) is 4.70. The fourth-order valence-electron chi connectivity index (χ4n) is 5.36. The molecule has 4 unspecified atom stereocenters. The molecule has 7 heteroatoms. The lowest BCUT2D eigenvalue weighted by Gasteiger charge is -2.43. The quantitative estimate of drug-likeness (QED) is 0.603. The van der Waals surface area contributed by atoms with Crippen LogP contribution in [0.1, 0.15) is 30.7 Å². The molecule has 0 radical (unpaired) electrons. The first-order chi connectivity index (χ1) is 14.6. The summed E-state index contributed by atoms with van der Waals surface area (Å²) in [6.45, 7) is 0.505. The van der Waals surface area contributed by atoms with Gasteiger partial charge in [-0.3, -0.25) is 14.9 Å². The van der Waals surface area contributed by atoms with Crippen LogP contribution in [0.3, 0.4) is 0 Å². The van der Waals surface area contributed by atoms with Crippen molar-refractivity contribution in [2.24, 2.45) is 24.6 Å². The van der Waals surface area contributed by atoms with E-state index in [1.54, 1.807) is 0 Å². The third-order valence-electron chi connectivity index (χ3n) is 6.91. The highest BCUT2D eigenvalue weighted by molar-refractivity contribution is 6.38. The maximum absolute atomic E-state index is 12.3. The number of nitrogens with two attached hydrogens (primary N) is 1. The molecule has 1 amide bonds. The van der Waals surface area contributed by atoms with E-state index >= 15 is 0 Å². The van der Waals surface area contributed by atoms with Gasteiger partial charge in [-0.05, 0) is 36.5 Å². The minimum absolute atomic E-state index is 0.0282. The van der Waals surface area contributed by atoms with Gasteiger partial charge in [0, 0.05) is 42.1 Å². The topological polar surface area (TPSA) is 85.0 Å². The van der Waals surface area contributed by atoms with E-state index in [2.05, 4.69) is 40.2 Å². The monoisotopic (exact) mass is 423 g/mol. The third-order valence-corrected chi connectivity index (χ3v) is 7.32. The average Bonchev–Trinajstić information content (AvgIpc) is 3.15. The van der Waals surface area contributed by atoms with Crippen LogP contribution in [0.5, 0.6) is 0 Å². The summed E-state index contributed by atoms with van der Waals surface area (Å²) in [7, 11) is 1.97. The number of hydrogen-bond acceptors (Lipinski definition) is 4. The molecule has 2 aliphatic rings. The van der Waals surface area contributed by atoms with E-state index in [1.165, 1.54) is 5.56 Å². The number of fused-ring (bicyclic) bond motifs is 2. The number of rotatable bonds is 3. The van der Waals surface area contributed by atoms with E-state index in [-0.39, 0.29) is 23.8 Å². The van der Waals surface area contributed by atoms with Gasteiger partial charge < -0.3 is 5.73 Å². The molecule has 4 atom stereocenters. The summed E-state index contributed by atoms with van der Waals surface area (Å²) in [5.41, 5.74) is 15.2. The Kier molecular flexibility index (Phi) is 5.01. The minimum Gasteiger partial charge on any atom is -0.329 e. The van der Waals surface area contributed by atoms with Gasteiger partial charge in [0.25, 0.3) is 0 Å². The van der Waals surface area contributed by atoms with Gasteiger partial charge in [0.2, 0.25) is 5.91 Å². The van der Waals surface area contributed by atoms with Crippen LogP contribution in [0.2, 0.25) is 5.02 Å². The zero-order valence-electron chi connectivity index (χ0n) is 16.9. The van der Waals surface area contributed by atoms with E-state index in [9.17, 15) is 4.79 Å².